The number of benzene rings is 1. The van der Waals surface area contributed by atoms with Crippen LogP contribution in [0.25, 0.3) is 17.4 Å². The summed E-state index contributed by atoms with van der Waals surface area (Å²) < 4.78 is 5.61. The third-order valence-corrected chi connectivity index (χ3v) is 3.34. The Labute approximate surface area is 144 Å². The van der Waals surface area contributed by atoms with Gasteiger partial charge in [0.15, 0.2) is 0 Å². The molecule has 4 nitrogen and oxygen atoms in total. The Morgan fingerprint density at radius 3 is 2.75 bits per heavy atom. The Balaban J connectivity index is 0.00000147. The number of amides is 2. The van der Waals surface area contributed by atoms with Crippen molar-refractivity contribution in [1.29, 1.82) is 0 Å². The zero-order valence-corrected chi connectivity index (χ0v) is 13.9. The molecule has 1 N–H and O–H groups in total. The van der Waals surface area contributed by atoms with Crippen molar-refractivity contribution in [2.24, 2.45) is 0 Å². The predicted octanol–water partition coefficient (Wildman–Crippen LogP) is 3.07. The molecule has 3 rings (SSSR count). The second kappa shape index (κ2) is 6.52. The maximum absolute atomic E-state index is 11.4. The van der Waals surface area contributed by atoms with Gasteiger partial charge in [-0.1, -0.05) is 5.56 Å². The number of nitrogens with one attached hydrogen (secondary N) is 1. The molecule has 0 spiro atoms. The van der Waals surface area contributed by atoms with Gasteiger partial charge in [-0.2, -0.15) is 30.3 Å². The first-order chi connectivity index (χ1) is 9.22. The van der Waals surface area contributed by atoms with Gasteiger partial charge < -0.3 is 4.42 Å². The second-order valence-electron chi connectivity index (χ2n) is 3.85. The molecule has 2 aromatic rings. The van der Waals surface area contributed by atoms with Gasteiger partial charge in [-0.3, -0.25) is 14.9 Å². The summed E-state index contributed by atoms with van der Waals surface area (Å²) >= 11 is 0.869. The van der Waals surface area contributed by atoms with Gasteiger partial charge in [0.25, 0.3) is 11.1 Å². The predicted molar refractivity (Wildman–Crippen MR) is 72.1 cm³/mol. The van der Waals surface area contributed by atoms with Gasteiger partial charge in [0.2, 0.25) is 0 Å². The van der Waals surface area contributed by atoms with Gasteiger partial charge in [-0.05, 0) is 23.9 Å². The van der Waals surface area contributed by atoms with Crippen LogP contribution in [-0.2, 0) is 37.5 Å². The number of carbonyl (C=O) groups excluding carboxylic acids is 2. The van der Waals surface area contributed by atoms with Gasteiger partial charge in [-0.15, -0.1) is 0 Å². The molecule has 1 aliphatic rings. The van der Waals surface area contributed by atoms with Gasteiger partial charge in [-0.25, -0.2) is 0 Å². The van der Waals surface area contributed by atoms with Crippen molar-refractivity contribution < 1.29 is 46.7 Å². The largest absolute Gasteiger partial charge is 0.470 e. The van der Waals surface area contributed by atoms with E-state index in [1.54, 1.807) is 18.2 Å². The minimum Gasteiger partial charge on any atom is -0.470 e. The number of carbonyl (C=O) groups is 2. The second-order valence-corrected chi connectivity index (χ2v) is 4.86. The first-order valence-corrected chi connectivity index (χ1v) is 6.35. The Morgan fingerprint density at radius 2 is 2.10 bits per heavy atom. The third-order valence-electron chi connectivity index (χ3n) is 2.53. The van der Waals surface area contributed by atoms with E-state index in [0.29, 0.717) is 16.4 Å². The van der Waals surface area contributed by atoms with Crippen LogP contribution in [0.2, 0.25) is 0 Å². The third kappa shape index (κ3) is 3.29. The molecule has 97 valence electrons. The minimum atomic E-state index is -0.388. The van der Waals surface area contributed by atoms with E-state index in [2.05, 4.69) is 11.4 Å². The summed E-state index contributed by atoms with van der Waals surface area (Å²) in [6.45, 7) is 0. The fourth-order valence-electron chi connectivity index (χ4n) is 1.68. The Morgan fingerprint density at radius 1 is 1.25 bits per heavy atom. The van der Waals surface area contributed by atoms with Crippen LogP contribution < -0.4 is 5.32 Å². The van der Waals surface area contributed by atoms with Crippen molar-refractivity contribution in [3.8, 4) is 11.3 Å². The topological polar surface area (TPSA) is 59.3 Å². The summed E-state index contributed by atoms with van der Waals surface area (Å²) in [5.41, 5.74) is 0.909. The van der Waals surface area contributed by atoms with E-state index in [0.717, 1.165) is 17.3 Å². The molecule has 0 bridgehead atoms. The number of thioether (sulfide) groups is 1. The van der Waals surface area contributed by atoms with Crippen molar-refractivity contribution in [1.82, 2.24) is 5.32 Å². The smallest absolute Gasteiger partial charge is 0.290 e. The molecular formula is C14H8NO3SY-. The van der Waals surface area contributed by atoms with Crippen molar-refractivity contribution in [2.75, 3.05) is 0 Å². The quantitative estimate of drug-likeness (QED) is 0.661. The number of furan rings is 1. The Kier molecular flexibility index (Phi) is 4.97. The van der Waals surface area contributed by atoms with E-state index in [9.17, 15) is 9.59 Å². The molecule has 0 aliphatic carbocycles. The van der Waals surface area contributed by atoms with E-state index in [1.165, 1.54) is 0 Å². The molecule has 0 saturated carbocycles. The summed E-state index contributed by atoms with van der Waals surface area (Å²) in [7, 11) is 0. The normalized spacial score (nSPS) is 16.1. The zero-order valence-electron chi connectivity index (χ0n) is 10.3. The van der Waals surface area contributed by atoms with Crippen LogP contribution in [0.15, 0.2) is 45.7 Å². The van der Waals surface area contributed by atoms with Crippen LogP contribution in [0.3, 0.4) is 0 Å². The van der Waals surface area contributed by atoms with Crippen LogP contribution >= 0.6 is 11.8 Å². The van der Waals surface area contributed by atoms with Crippen molar-refractivity contribution in [2.45, 2.75) is 0 Å². The van der Waals surface area contributed by atoms with Gasteiger partial charge >= 0.3 is 0 Å². The first kappa shape index (κ1) is 15.2. The summed E-state index contributed by atoms with van der Waals surface area (Å²) in [6, 6.07) is 13.9. The molecule has 0 unspecified atom stereocenters. The Hall–Kier alpha value is -1.17. The number of hydrogen-bond acceptors (Lipinski definition) is 4. The average molecular weight is 359 g/mol. The Bertz CT molecular complexity index is 679. The summed E-state index contributed by atoms with van der Waals surface area (Å²) in [4.78, 5) is 22.8. The summed E-state index contributed by atoms with van der Waals surface area (Å²) in [6.07, 6.45) is 1.56. The molecule has 1 fully saturated rings. The van der Waals surface area contributed by atoms with E-state index < -0.39 is 0 Å². The molecule has 1 saturated heterocycles. The molecular weight excluding hydrogens is 351 g/mol. The average Bonchev–Trinajstić information content (AvgIpc) is 2.99. The van der Waals surface area contributed by atoms with Gasteiger partial charge in [0, 0.05) is 38.8 Å². The molecule has 6 heteroatoms. The molecule has 2 heterocycles. The standard InChI is InChI=1S/C14H8NO3S.Y/c16-13-12(19-14(17)15-13)8-10-6-7-11(18-10)9-4-2-1-3-5-9;/h1-2,4-8H,(H,15,16,17);/q-1;/b12-8-;. The molecule has 1 aromatic heterocycles. The van der Waals surface area contributed by atoms with Crippen LogP contribution in [0.1, 0.15) is 5.76 Å². The van der Waals surface area contributed by atoms with E-state index in [-0.39, 0.29) is 43.9 Å². The molecule has 1 aliphatic heterocycles. The van der Waals surface area contributed by atoms with E-state index >= 15 is 0 Å². The molecule has 2 amide bonds. The number of imide groups is 1. The maximum Gasteiger partial charge on any atom is 0.290 e. The molecule has 0 atom stereocenters. The minimum absolute atomic E-state index is 0. The molecule has 1 radical (unpaired) electrons. The van der Waals surface area contributed by atoms with Crippen LogP contribution in [0, 0.1) is 6.07 Å². The van der Waals surface area contributed by atoms with Crippen LogP contribution in [-0.4, -0.2) is 11.1 Å². The van der Waals surface area contributed by atoms with Crippen molar-refractivity contribution in [3.05, 3.63) is 53.1 Å². The molecule has 20 heavy (non-hydrogen) atoms. The van der Waals surface area contributed by atoms with Crippen LogP contribution in [0.4, 0.5) is 4.79 Å². The monoisotopic (exact) mass is 359 g/mol. The summed E-state index contributed by atoms with van der Waals surface area (Å²) in [5.74, 6) is 0.839. The molecule has 1 aromatic carbocycles. The van der Waals surface area contributed by atoms with Crippen molar-refractivity contribution >= 4 is 29.0 Å². The van der Waals surface area contributed by atoms with E-state index in [4.69, 9.17) is 4.42 Å². The fraction of sp³-hybridized carbons (Fsp3) is 0. The number of rotatable bonds is 2. The van der Waals surface area contributed by atoms with Crippen LogP contribution in [0.5, 0.6) is 0 Å². The summed E-state index contributed by atoms with van der Waals surface area (Å²) in [5, 5.41) is 1.84. The fourth-order valence-corrected chi connectivity index (χ4v) is 2.34. The number of hydrogen-bond donors (Lipinski definition) is 1. The maximum atomic E-state index is 11.4. The van der Waals surface area contributed by atoms with Gasteiger partial charge in [0.05, 0.1) is 10.7 Å². The van der Waals surface area contributed by atoms with E-state index in [1.807, 2.05) is 24.3 Å². The first-order valence-electron chi connectivity index (χ1n) is 5.53. The zero-order chi connectivity index (χ0) is 13.2. The van der Waals surface area contributed by atoms with Gasteiger partial charge in [0.1, 0.15) is 5.76 Å². The van der Waals surface area contributed by atoms with Crippen molar-refractivity contribution in [3.63, 3.8) is 0 Å². The SMILES string of the molecule is O=C1NC(=O)/C(=C/c2ccc(-c3c[c-]ccc3)o2)S1.[Y].